The molecule has 2 rings (SSSR count). The van der Waals surface area contributed by atoms with E-state index in [-0.39, 0.29) is 0 Å². The monoisotopic (exact) mass is 322 g/mol. The maximum absolute atomic E-state index is 4.43. The van der Waals surface area contributed by atoms with Gasteiger partial charge in [0.15, 0.2) is 0 Å². The highest BCUT2D eigenvalue weighted by molar-refractivity contribution is 5.81. The lowest BCUT2D eigenvalue weighted by Gasteiger charge is -2.11. The molecule has 0 aromatic heterocycles. The first kappa shape index (κ1) is 17.7. The Morgan fingerprint density at radius 3 is 1.25 bits per heavy atom. The lowest BCUT2D eigenvalue weighted by molar-refractivity contribution is 0.985. The first-order chi connectivity index (χ1) is 11.6. The van der Waals surface area contributed by atoms with Gasteiger partial charge in [-0.25, -0.2) is 0 Å². The Hall–Kier alpha value is -2.62. The van der Waals surface area contributed by atoms with Gasteiger partial charge in [0.2, 0.25) is 0 Å². The van der Waals surface area contributed by atoms with Gasteiger partial charge in [0.1, 0.15) is 0 Å². The van der Waals surface area contributed by atoms with Gasteiger partial charge >= 0.3 is 0 Å². The summed E-state index contributed by atoms with van der Waals surface area (Å²) in [6.07, 6.45) is 3.81. The Morgan fingerprint density at radius 2 is 0.958 bits per heavy atom. The Kier molecular flexibility index (Phi) is 6.55. The zero-order valence-corrected chi connectivity index (χ0v) is 15.0. The van der Waals surface area contributed by atoms with Gasteiger partial charge < -0.3 is 9.80 Å². The fraction of sp³-hybridized carbons (Fsp3) is 0.300. The van der Waals surface area contributed by atoms with E-state index in [0.717, 1.165) is 11.1 Å². The van der Waals surface area contributed by atoms with Crippen LogP contribution in [0.15, 0.2) is 58.5 Å². The Bertz CT molecular complexity index is 606. The molecular weight excluding hydrogens is 296 g/mol. The molecule has 0 bridgehead atoms. The molecule has 2 aromatic carbocycles. The average molecular weight is 322 g/mol. The van der Waals surface area contributed by atoms with Crippen molar-refractivity contribution in [2.24, 2.45) is 9.98 Å². The highest BCUT2D eigenvalue weighted by atomic mass is 15.1. The van der Waals surface area contributed by atoms with Gasteiger partial charge in [-0.2, -0.15) is 0 Å². The molecule has 0 saturated heterocycles. The first-order valence-corrected chi connectivity index (χ1v) is 8.11. The van der Waals surface area contributed by atoms with Crippen molar-refractivity contribution in [2.45, 2.75) is 0 Å². The minimum atomic E-state index is 0.696. The van der Waals surface area contributed by atoms with Crippen LogP contribution < -0.4 is 9.80 Å². The van der Waals surface area contributed by atoms with E-state index in [1.54, 1.807) is 0 Å². The predicted octanol–water partition coefficient (Wildman–Crippen LogP) is 3.36. The normalized spacial score (nSPS) is 11.3. The van der Waals surface area contributed by atoms with E-state index >= 15 is 0 Å². The summed E-state index contributed by atoms with van der Waals surface area (Å²) in [5, 5.41) is 0. The number of hydrogen-bond donors (Lipinski definition) is 0. The van der Waals surface area contributed by atoms with Crippen LogP contribution in [-0.4, -0.2) is 53.7 Å². The molecule has 126 valence electrons. The molecule has 0 unspecified atom stereocenters. The van der Waals surface area contributed by atoms with Crippen molar-refractivity contribution in [1.29, 1.82) is 0 Å². The van der Waals surface area contributed by atoms with Crippen molar-refractivity contribution in [1.82, 2.24) is 0 Å². The minimum Gasteiger partial charge on any atom is -0.378 e. The summed E-state index contributed by atoms with van der Waals surface area (Å²) in [5.41, 5.74) is 4.61. The molecule has 0 aliphatic rings. The van der Waals surface area contributed by atoms with Crippen LogP contribution in [0.1, 0.15) is 11.1 Å². The number of hydrogen-bond acceptors (Lipinski definition) is 4. The van der Waals surface area contributed by atoms with E-state index in [0.29, 0.717) is 13.1 Å². The molecule has 0 radical (unpaired) electrons. The van der Waals surface area contributed by atoms with Gasteiger partial charge in [-0.15, -0.1) is 0 Å². The molecule has 4 nitrogen and oxygen atoms in total. The van der Waals surface area contributed by atoms with Crippen LogP contribution in [0.25, 0.3) is 0 Å². The van der Waals surface area contributed by atoms with Crippen LogP contribution in [0.4, 0.5) is 11.4 Å². The summed E-state index contributed by atoms with van der Waals surface area (Å²) >= 11 is 0. The highest BCUT2D eigenvalue weighted by Gasteiger charge is 1.94. The molecule has 0 spiro atoms. The fourth-order valence-corrected chi connectivity index (χ4v) is 2.17. The Morgan fingerprint density at radius 1 is 0.625 bits per heavy atom. The Balaban J connectivity index is 1.77. The van der Waals surface area contributed by atoms with Crippen molar-refractivity contribution in [3.8, 4) is 0 Å². The van der Waals surface area contributed by atoms with Crippen molar-refractivity contribution in [3.05, 3.63) is 59.7 Å². The van der Waals surface area contributed by atoms with Gasteiger partial charge in [-0.05, 0) is 35.4 Å². The van der Waals surface area contributed by atoms with Gasteiger partial charge in [0.05, 0.1) is 13.1 Å². The van der Waals surface area contributed by atoms with Crippen molar-refractivity contribution in [2.75, 3.05) is 51.1 Å². The van der Waals surface area contributed by atoms with E-state index < -0.39 is 0 Å². The van der Waals surface area contributed by atoms with E-state index in [9.17, 15) is 0 Å². The summed E-state index contributed by atoms with van der Waals surface area (Å²) in [7, 11) is 8.15. The maximum atomic E-state index is 4.43. The molecule has 24 heavy (non-hydrogen) atoms. The zero-order chi connectivity index (χ0) is 17.4. The minimum absolute atomic E-state index is 0.696. The highest BCUT2D eigenvalue weighted by Crippen LogP contribution is 2.11. The third-order valence-corrected chi connectivity index (χ3v) is 3.66. The second-order valence-electron chi connectivity index (χ2n) is 6.04. The van der Waals surface area contributed by atoms with E-state index in [1.165, 1.54) is 11.4 Å². The lowest BCUT2D eigenvalue weighted by Crippen LogP contribution is -2.08. The van der Waals surface area contributed by atoms with Crippen LogP contribution in [-0.2, 0) is 0 Å². The molecule has 0 atom stereocenters. The van der Waals surface area contributed by atoms with E-state index in [2.05, 4.69) is 68.3 Å². The number of aliphatic imine (C=N–C) groups is 2. The predicted molar refractivity (Wildman–Crippen MR) is 106 cm³/mol. The largest absolute Gasteiger partial charge is 0.378 e. The van der Waals surface area contributed by atoms with Crippen LogP contribution in [0, 0.1) is 0 Å². The van der Waals surface area contributed by atoms with Crippen molar-refractivity contribution in [3.63, 3.8) is 0 Å². The van der Waals surface area contributed by atoms with Crippen LogP contribution in [0.5, 0.6) is 0 Å². The molecule has 4 heteroatoms. The summed E-state index contributed by atoms with van der Waals surface area (Å²) in [6.45, 7) is 1.39. The van der Waals surface area contributed by atoms with Crippen molar-refractivity contribution < 1.29 is 0 Å². The number of anilines is 2. The van der Waals surface area contributed by atoms with Gasteiger partial charge in [0.25, 0.3) is 0 Å². The van der Waals surface area contributed by atoms with Gasteiger partial charge in [-0.3, -0.25) is 9.98 Å². The topological polar surface area (TPSA) is 31.2 Å². The molecule has 0 aliphatic heterocycles. The molecule has 2 aromatic rings. The molecule has 0 aliphatic carbocycles. The van der Waals surface area contributed by atoms with Gasteiger partial charge in [0, 0.05) is 52.0 Å². The van der Waals surface area contributed by atoms with Crippen LogP contribution >= 0.6 is 0 Å². The third kappa shape index (κ3) is 5.54. The quantitative estimate of drug-likeness (QED) is 0.578. The number of rotatable bonds is 7. The summed E-state index contributed by atoms with van der Waals surface area (Å²) in [6, 6.07) is 16.7. The summed E-state index contributed by atoms with van der Waals surface area (Å²) in [5.74, 6) is 0. The summed E-state index contributed by atoms with van der Waals surface area (Å²) in [4.78, 5) is 13.0. The SMILES string of the molecule is CN(C)c1ccc(C=NCCN=Cc2ccc(N(C)C)cc2)cc1. The number of nitrogens with zero attached hydrogens (tertiary/aromatic N) is 4. The Labute approximate surface area is 145 Å². The van der Waals surface area contributed by atoms with Crippen molar-refractivity contribution >= 4 is 23.8 Å². The smallest absolute Gasteiger partial charge is 0.0585 e. The number of benzene rings is 2. The van der Waals surface area contributed by atoms with E-state index in [4.69, 9.17) is 0 Å². The molecule has 0 saturated carbocycles. The standard InChI is InChI=1S/C20H26N4/c1-23(2)19-9-5-17(6-10-19)15-21-13-14-22-16-18-7-11-20(12-8-18)24(3)4/h5-12,15-16H,13-14H2,1-4H3. The van der Waals surface area contributed by atoms with E-state index in [1.807, 2.05) is 40.6 Å². The molecule has 0 N–H and O–H groups in total. The first-order valence-electron chi connectivity index (χ1n) is 8.11. The summed E-state index contributed by atoms with van der Waals surface area (Å²) < 4.78 is 0. The van der Waals surface area contributed by atoms with Gasteiger partial charge in [-0.1, -0.05) is 24.3 Å². The average Bonchev–Trinajstić information content (AvgIpc) is 2.58. The second-order valence-corrected chi connectivity index (χ2v) is 6.04. The zero-order valence-electron chi connectivity index (χ0n) is 15.0. The van der Waals surface area contributed by atoms with Crippen LogP contribution in [0.3, 0.4) is 0 Å². The molecular formula is C20H26N4. The second kappa shape index (κ2) is 8.87. The third-order valence-electron chi connectivity index (χ3n) is 3.66. The fourth-order valence-electron chi connectivity index (χ4n) is 2.17. The lowest BCUT2D eigenvalue weighted by atomic mass is 10.2. The molecule has 0 heterocycles. The molecule has 0 fully saturated rings. The van der Waals surface area contributed by atoms with Crippen LogP contribution in [0.2, 0.25) is 0 Å². The molecule has 0 amide bonds. The maximum Gasteiger partial charge on any atom is 0.0585 e.